The summed E-state index contributed by atoms with van der Waals surface area (Å²) in [5.74, 6) is 2.47. The molecule has 1 fully saturated rings. The van der Waals surface area contributed by atoms with E-state index in [-0.39, 0.29) is 0 Å². The molecule has 5 rings (SSSR count). The molecule has 1 saturated carbocycles. The third kappa shape index (κ3) is 4.91. The maximum absolute atomic E-state index is 5.40. The fourth-order valence-electron chi connectivity index (χ4n) is 4.18. The van der Waals surface area contributed by atoms with Crippen LogP contribution in [0.15, 0.2) is 70.2 Å². The van der Waals surface area contributed by atoms with Gasteiger partial charge >= 0.3 is 0 Å². The van der Waals surface area contributed by atoms with Crippen LogP contribution in [-0.2, 0) is 5.75 Å². The van der Waals surface area contributed by atoms with Crippen molar-refractivity contribution in [2.24, 2.45) is 0 Å². The van der Waals surface area contributed by atoms with Gasteiger partial charge in [0.15, 0.2) is 0 Å². The summed E-state index contributed by atoms with van der Waals surface area (Å²) in [4.78, 5) is 4.49. The zero-order chi connectivity index (χ0) is 21.8. The van der Waals surface area contributed by atoms with Gasteiger partial charge in [-0.2, -0.15) is 4.98 Å². The Morgan fingerprint density at radius 3 is 2.31 bits per heavy atom. The van der Waals surface area contributed by atoms with Crippen molar-refractivity contribution in [3.63, 3.8) is 0 Å². The van der Waals surface area contributed by atoms with E-state index in [1.165, 1.54) is 55.0 Å². The molecule has 5 nitrogen and oxygen atoms in total. The highest BCUT2D eigenvalue weighted by molar-refractivity contribution is 7.98. The minimum atomic E-state index is 0.559. The summed E-state index contributed by atoms with van der Waals surface area (Å²) in [6.45, 7) is 2.06. The molecule has 0 bridgehead atoms. The van der Waals surface area contributed by atoms with Crippen molar-refractivity contribution in [3.05, 3.63) is 77.7 Å². The van der Waals surface area contributed by atoms with Crippen molar-refractivity contribution in [2.75, 3.05) is 0 Å². The van der Waals surface area contributed by atoms with Crippen LogP contribution in [0.4, 0.5) is 0 Å². The van der Waals surface area contributed by atoms with Crippen LogP contribution < -0.4 is 0 Å². The highest BCUT2D eigenvalue weighted by Gasteiger charge is 2.15. The molecule has 0 aliphatic heterocycles. The van der Waals surface area contributed by atoms with E-state index in [0.29, 0.717) is 17.5 Å². The van der Waals surface area contributed by atoms with Crippen LogP contribution in [0.2, 0.25) is 0 Å². The summed E-state index contributed by atoms with van der Waals surface area (Å²) in [6.07, 6.45) is 6.73. The van der Waals surface area contributed by atoms with E-state index in [0.717, 1.165) is 27.8 Å². The van der Waals surface area contributed by atoms with Gasteiger partial charge in [-0.15, -0.1) is 10.2 Å². The first-order chi connectivity index (χ1) is 15.7. The fraction of sp³-hybridized carbons (Fsp3) is 0.308. The van der Waals surface area contributed by atoms with Crippen molar-refractivity contribution in [3.8, 4) is 22.6 Å². The van der Waals surface area contributed by atoms with Crippen molar-refractivity contribution < 1.29 is 4.52 Å². The smallest absolute Gasteiger partial charge is 0.237 e. The Bertz CT molecular complexity index is 1150. The zero-order valence-corrected chi connectivity index (χ0v) is 19.0. The monoisotopic (exact) mass is 442 g/mol. The molecule has 162 valence electrons. The zero-order valence-electron chi connectivity index (χ0n) is 18.2. The molecular formula is C26H26N4OS. The third-order valence-corrected chi connectivity index (χ3v) is 6.95. The molecule has 1 aliphatic carbocycles. The number of thioether (sulfide) groups is 1. The molecule has 1 aliphatic rings. The van der Waals surface area contributed by atoms with Crippen LogP contribution in [0.5, 0.6) is 0 Å². The first kappa shape index (κ1) is 20.9. The summed E-state index contributed by atoms with van der Waals surface area (Å²) in [6, 6.07) is 21.0. The maximum Gasteiger partial charge on any atom is 0.237 e. The van der Waals surface area contributed by atoms with Gasteiger partial charge in [-0.1, -0.05) is 90.3 Å². The number of hydrogen-bond acceptors (Lipinski definition) is 6. The molecule has 32 heavy (non-hydrogen) atoms. The Balaban J connectivity index is 1.19. The highest BCUT2D eigenvalue weighted by atomic mass is 32.2. The topological polar surface area (TPSA) is 64.7 Å². The molecule has 0 N–H and O–H groups in total. The van der Waals surface area contributed by atoms with Crippen LogP contribution in [0.3, 0.4) is 0 Å². The molecule has 0 spiro atoms. The molecular weight excluding hydrogens is 416 g/mol. The molecule has 0 radical (unpaired) electrons. The Hall–Kier alpha value is -2.99. The predicted molar refractivity (Wildman–Crippen MR) is 127 cm³/mol. The van der Waals surface area contributed by atoms with Gasteiger partial charge in [-0.25, -0.2) is 0 Å². The number of aryl methyl sites for hydroxylation is 1. The molecule has 6 heteroatoms. The first-order valence-electron chi connectivity index (χ1n) is 11.2. The molecule has 2 aromatic heterocycles. The Morgan fingerprint density at radius 1 is 0.844 bits per heavy atom. The van der Waals surface area contributed by atoms with E-state index in [1.54, 1.807) is 0 Å². The van der Waals surface area contributed by atoms with Gasteiger partial charge in [-0.3, -0.25) is 0 Å². The number of aromatic nitrogens is 4. The maximum atomic E-state index is 5.40. The van der Waals surface area contributed by atoms with Gasteiger partial charge in [0.05, 0.1) is 11.4 Å². The second-order valence-electron chi connectivity index (χ2n) is 8.38. The van der Waals surface area contributed by atoms with Gasteiger partial charge in [0.2, 0.25) is 11.7 Å². The average Bonchev–Trinajstić information content (AvgIpc) is 3.33. The standard InChI is InChI=1S/C26H26N4OS/c1-18-7-9-22(10-8-18)26-27-24(31-30-26)17-32-25-16-15-23(28-29-25)21-13-11-20(12-14-21)19-5-3-2-4-6-19/h7-16,19H,2-6,17H2,1H3. The summed E-state index contributed by atoms with van der Waals surface area (Å²) in [5, 5.41) is 13.7. The second kappa shape index (κ2) is 9.65. The minimum Gasteiger partial charge on any atom is -0.338 e. The van der Waals surface area contributed by atoms with E-state index < -0.39 is 0 Å². The fourth-order valence-corrected chi connectivity index (χ4v) is 4.83. The summed E-state index contributed by atoms with van der Waals surface area (Å²) < 4.78 is 5.40. The average molecular weight is 443 g/mol. The molecule has 0 unspecified atom stereocenters. The van der Waals surface area contributed by atoms with Crippen molar-refractivity contribution in [1.82, 2.24) is 20.3 Å². The minimum absolute atomic E-state index is 0.559. The normalized spacial score (nSPS) is 14.5. The highest BCUT2D eigenvalue weighted by Crippen LogP contribution is 2.33. The van der Waals surface area contributed by atoms with Crippen LogP contribution in [-0.4, -0.2) is 20.3 Å². The van der Waals surface area contributed by atoms with Gasteiger partial charge in [0.25, 0.3) is 0 Å². The van der Waals surface area contributed by atoms with E-state index in [4.69, 9.17) is 4.52 Å². The lowest BCUT2D eigenvalue weighted by molar-refractivity contribution is 0.391. The molecule has 0 amide bonds. The SMILES string of the molecule is Cc1ccc(-c2noc(CSc3ccc(-c4ccc(C5CCCCC5)cc4)nn3)n2)cc1. The predicted octanol–water partition coefficient (Wildman–Crippen LogP) is 6.84. The molecule has 0 atom stereocenters. The van der Waals surface area contributed by atoms with E-state index in [9.17, 15) is 0 Å². The quantitative estimate of drug-likeness (QED) is 0.305. The number of rotatable bonds is 6. The number of benzene rings is 2. The van der Waals surface area contributed by atoms with E-state index in [2.05, 4.69) is 51.5 Å². The van der Waals surface area contributed by atoms with Crippen LogP contribution in [0.25, 0.3) is 22.6 Å². The van der Waals surface area contributed by atoms with Crippen molar-refractivity contribution in [1.29, 1.82) is 0 Å². The summed E-state index contributed by atoms with van der Waals surface area (Å²) >= 11 is 1.54. The number of nitrogens with zero attached hydrogens (tertiary/aromatic N) is 4. The van der Waals surface area contributed by atoms with E-state index in [1.807, 2.05) is 36.4 Å². The van der Waals surface area contributed by atoms with Gasteiger partial charge in [0.1, 0.15) is 5.03 Å². The lowest BCUT2D eigenvalue weighted by atomic mass is 9.84. The molecule has 2 heterocycles. The van der Waals surface area contributed by atoms with Crippen molar-refractivity contribution in [2.45, 2.75) is 55.7 Å². The van der Waals surface area contributed by atoms with Gasteiger partial charge in [-0.05, 0) is 43.4 Å². The van der Waals surface area contributed by atoms with Crippen LogP contribution >= 0.6 is 11.8 Å². The summed E-state index contributed by atoms with van der Waals surface area (Å²) in [5.41, 5.74) is 5.61. The molecule has 0 saturated heterocycles. The van der Waals surface area contributed by atoms with Crippen LogP contribution in [0, 0.1) is 6.92 Å². The Morgan fingerprint density at radius 2 is 1.59 bits per heavy atom. The molecule has 2 aromatic carbocycles. The second-order valence-corrected chi connectivity index (χ2v) is 9.38. The summed E-state index contributed by atoms with van der Waals surface area (Å²) in [7, 11) is 0. The van der Waals surface area contributed by atoms with Gasteiger partial charge in [0, 0.05) is 11.1 Å². The Labute approximate surface area is 192 Å². The Kier molecular flexibility index (Phi) is 6.30. The number of hydrogen-bond donors (Lipinski definition) is 0. The van der Waals surface area contributed by atoms with Crippen LogP contribution in [0.1, 0.15) is 55.0 Å². The lowest BCUT2D eigenvalue weighted by Gasteiger charge is -2.22. The lowest BCUT2D eigenvalue weighted by Crippen LogP contribution is -2.04. The largest absolute Gasteiger partial charge is 0.338 e. The van der Waals surface area contributed by atoms with Crippen molar-refractivity contribution >= 4 is 11.8 Å². The molecule has 4 aromatic rings. The first-order valence-corrected chi connectivity index (χ1v) is 12.2. The van der Waals surface area contributed by atoms with E-state index >= 15 is 0 Å². The third-order valence-electron chi connectivity index (χ3n) is 6.04. The van der Waals surface area contributed by atoms with Gasteiger partial charge < -0.3 is 4.52 Å².